The van der Waals surface area contributed by atoms with E-state index in [1.54, 1.807) is 0 Å². The van der Waals surface area contributed by atoms with Crippen molar-refractivity contribution < 1.29 is 14.7 Å². The Morgan fingerprint density at radius 2 is 1.72 bits per heavy atom. The standard InChI is InChI=1S/C20H22N2O3/c23-18(21-12-20(25)10-1-2-11-20)19(24)22-16-9-8-14-7-6-13-4-3-5-15(16)17(13)14/h3-5,8-9,25H,1-2,6-7,10-12H2,(H,21,23)(H,22,24). The van der Waals surface area contributed by atoms with Crippen molar-refractivity contribution in [1.29, 1.82) is 0 Å². The molecule has 0 aromatic heterocycles. The first-order chi connectivity index (χ1) is 12.1. The quantitative estimate of drug-likeness (QED) is 0.752. The normalized spacial score (nSPS) is 17.6. The molecule has 2 aliphatic carbocycles. The summed E-state index contributed by atoms with van der Waals surface area (Å²) in [5.41, 5.74) is 2.37. The molecule has 0 saturated heterocycles. The molecule has 0 spiro atoms. The first-order valence-electron chi connectivity index (χ1n) is 8.91. The average molecular weight is 338 g/mol. The number of nitrogens with one attached hydrogen (secondary N) is 2. The van der Waals surface area contributed by atoms with Gasteiger partial charge in [-0.05, 0) is 48.3 Å². The van der Waals surface area contributed by atoms with E-state index in [0.717, 1.165) is 31.1 Å². The Bertz CT molecular complexity index is 843. The number of anilines is 1. The van der Waals surface area contributed by atoms with E-state index < -0.39 is 17.4 Å². The van der Waals surface area contributed by atoms with Gasteiger partial charge in [-0.3, -0.25) is 9.59 Å². The summed E-state index contributed by atoms with van der Waals surface area (Å²) in [6.07, 6.45) is 5.29. The second-order valence-corrected chi connectivity index (χ2v) is 7.18. The van der Waals surface area contributed by atoms with Crippen molar-refractivity contribution in [3.63, 3.8) is 0 Å². The van der Waals surface area contributed by atoms with Crippen molar-refractivity contribution in [3.05, 3.63) is 41.5 Å². The van der Waals surface area contributed by atoms with Crippen molar-refractivity contribution in [2.45, 2.75) is 44.1 Å². The van der Waals surface area contributed by atoms with Gasteiger partial charge in [0.2, 0.25) is 0 Å². The Labute approximate surface area is 146 Å². The molecule has 1 fully saturated rings. The summed E-state index contributed by atoms with van der Waals surface area (Å²) in [5.74, 6) is -1.40. The summed E-state index contributed by atoms with van der Waals surface area (Å²) in [5, 5.41) is 17.7. The highest BCUT2D eigenvalue weighted by Crippen LogP contribution is 2.35. The molecule has 3 N–H and O–H groups in total. The van der Waals surface area contributed by atoms with Crippen LogP contribution in [0.3, 0.4) is 0 Å². The molecule has 0 bridgehead atoms. The molecular formula is C20H22N2O3. The largest absolute Gasteiger partial charge is 0.388 e. The lowest BCUT2D eigenvalue weighted by molar-refractivity contribution is -0.136. The summed E-state index contributed by atoms with van der Waals surface area (Å²) >= 11 is 0. The van der Waals surface area contributed by atoms with E-state index in [1.807, 2.05) is 24.3 Å². The van der Waals surface area contributed by atoms with Crippen LogP contribution >= 0.6 is 0 Å². The van der Waals surface area contributed by atoms with Crippen LogP contribution in [0.25, 0.3) is 10.8 Å². The molecule has 2 aliphatic rings. The van der Waals surface area contributed by atoms with E-state index >= 15 is 0 Å². The lowest BCUT2D eigenvalue weighted by atomic mass is 10.0. The molecule has 1 saturated carbocycles. The maximum absolute atomic E-state index is 12.2. The van der Waals surface area contributed by atoms with Crippen LogP contribution in [-0.2, 0) is 22.4 Å². The summed E-state index contributed by atoms with van der Waals surface area (Å²) < 4.78 is 0. The molecule has 0 aliphatic heterocycles. The van der Waals surface area contributed by atoms with E-state index in [2.05, 4.69) is 16.7 Å². The van der Waals surface area contributed by atoms with Crippen LogP contribution in [0.4, 0.5) is 5.69 Å². The lowest BCUT2D eigenvalue weighted by Crippen LogP contribution is -2.44. The molecule has 4 rings (SSSR count). The maximum atomic E-state index is 12.2. The number of hydrogen-bond donors (Lipinski definition) is 3. The molecule has 2 aromatic rings. The fraction of sp³-hybridized carbons (Fsp3) is 0.400. The molecule has 0 heterocycles. The number of aryl methyl sites for hydroxylation is 2. The molecule has 2 amide bonds. The van der Waals surface area contributed by atoms with Crippen LogP contribution in [0, 0.1) is 0 Å². The van der Waals surface area contributed by atoms with E-state index in [9.17, 15) is 14.7 Å². The van der Waals surface area contributed by atoms with E-state index in [1.165, 1.54) is 16.5 Å². The van der Waals surface area contributed by atoms with Gasteiger partial charge in [-0.1, -0.05) is 37.1 Å². The smallest absolute Gasteiger partial charge is 0.313 e. The van der Waals surface area contributed by atoms with E-state index in [0.29, 0.717) is 18.5 Å². The van der Waals surface area contributed by atoms with Crippen molar-refractivity contribution in [1.82, 2.24) is 5.32 Å². The van der Waals surface area contributed by atoms with Crippen LogP contribution in [0.1, 0.15) is 36.8 Å². The second-order valence-electron chi connectivity index (χ2n) is 7.18. The van der Waals surface area contributed by atoms with Gasteiger partial charge < -0.3 is 15.7 Å². The number of aliphatic hydroxyl groups is 1. The number of carbonyl (C=O) groups is 2. The van der Waals surface area contributed by atoms with Crippen LogP contribution in [0.2, 0.25) is 0 Å². The number of carbonyl (C=O) groups excluding carboxylic acids is 2. The average Bonchev–Trinajstić information content (AvgIpc) is 3.23. The molecule has 0 radical (unpaired) electrons. The predicted molar refractivity (Wildman–Crippen MR) is 96.4 cm³/mol. The zero-order valence-corrected chi connectivity index (χ0v) is 14.1. The Morgan fingerprint density at radius 3 is 2.48 bits per heavy atom. The minimum Gasteiger partial charge on any atom is -0.388 e. The summed E-state index contributed by atoms with van der Waals surface area (Å²) in [6, 6.07) is 9.95. The predicted octanol–water partition coefficient (Wildman–Crippen LogP) is 2.30. The second kappa shape index (κ2) is 6.15. The van der Waals surface area contributed by atoms with Gasteiger partial charge in [0, 0.05) is 17.6 Å². The minimum absolute atomic E-state index is 0.128. The zero-order chi connectivity index (χ0) is 17.4. The lowest BCUT2D eigenvalue weighted by Gasteiger charge is -2.22. The molecule has 0 atom stereocenters. The first-order valence-corrected chi connectivity index (χ1v) is 8.91. The molecule has 5 heteroatoms. The van der Waals surface area contributed by atoms with Gasteiger partial charge in [0.15, 0.2) is 0 Å². The fourth-order valence-electron chi connectivity index (χ4n) is 4.07. The van der Waals surface area contributed by atoms with Crippen LogP contribution in [-0.4, -0.2) is 29.1 Å². The van der Waals surface area contributed by atoms with Gasteiger partial charge in [-0.2, -0.15) is 0 Å². The number of hydrogen-bond acceptors (Lipinski definition) is 3. The third-order valence-corrected chi connectivity index (χ3v) is 5.44. The number of rotatable bonds is 3. The van der Waals surface area contributed by atoms with Crippen molar-refractivity contribution in [3.8, 4) is 0 Å². The van der Waals surface area contributed by atoms with Gasteiger partial charge in [0.25, 0.3) is 0 Å². The number of amides is 2. The van der Waals surface area contributed by atoms with Gasteiger partial charge in [0.05, 0.1) is 5.60 Å². The molecule has 0 unspecified atom stereocenters. The summed E-state index contributed by atoms with van der Waals surface area (Å²) in [7, 11) is 0. The van der Waals surface area contributed by atoms with Crippen molar-refractivity contribution in [2.24, 2.45) is 0 Å². The fourth-order valence-corrected chi connectivity index (χ4v) is 4.07. The summed E-state index contributed by atoms with van der Waals surface area (Å²) in [4.78, 5) is 24.3. The third kappa shape index (κ3) is 3.00. The topological polar surface area (TPSA) is 78.4 Å². The maximum Gasteiger partial charge on any atom is 0.313 e. The zero-order valence-electron chi connectivity index (χ0n) is 14.1. The van der Waals surface area contributed by atoms with Gasteiger partial charge in [0.1, 0.15) is 0 Å². The van der Waals surface area contributed by atoms with Gasteiger partial charge in [-0.15, -0.1) is 0 Å². The SMILES string of the molecule is O=C(NCC1(O)CCCC1)C(=O)Nc1ccc2c3c(cccc13)CC2. The van der Waals surface area contributed by atoms with Gasteiger partial charge >= 0.3 is 11.8 Å². The van der Waals surface area contributed by atoms with Crippen molar-refractivity contribution >= 4 is 28.3 Å². The third-order valence-electron chi connectivity index (χ3n) is 5.44. The van der Waals surface area contributed by atoms with Gasteiger partial charge in [-0.25, -0.2) is 0 Å². The van der Waals surface area contributed by atoms with Crippen molar-refractivity contribution in [2.75, 3.05) is 11.9 Å². The number of benzene rings is 2. The molecular weight excluding hydrogens is 316 g/mol. The molecule has 2 aromatic carbocycles. The Balaban J connectivity index is 1.48. The van der Waals surface area contributed by atoms with Crippen LogP contribution in [0.5, 0.6) is 0 Å². The van der Waals surface area contributed by atoms with Crippen LogP contribution in [0.15, 0.2) is 30.3 Å². The molecule has 5 nitrogen and oxygen atoms in total. The highest BCUT2D eigenvalue weighted by atomic mass is 16.3. The Kier molecular flexibility index (Phi) is 3.96. The Morgan fingerprint density at radius 1 is 1.00 bits per heavy atom. The monoisotopic (exact) mass is 338 g/mol. The minimum atomic E-state index is -0.863. The first kappa shape index (κ1) is 16.1. The molecule has 130 valence electrons. The van der Waals surface area contributed by atoms with E-state index in [-0.39, 0.29) is 6.54 Å². The van der Waals surface area contributed by atoms with E-state index in [4.69, 9.17) is 0 Å². The highest BCUT2D eigenvalue weighted by molar-refractivity contribution is 6.40. The van der Waals surface area contributed by atoms with Crippen LogP contribution < -0.4 is 10.6 Å². The summed E-state index contributed by atoms with van der Waals surface area (Å²) in [6.45, 7) is 0.128. The highest BCUT2D eigenvalue weighted by Gasteiger charge is 2.32. The Hall–Kier alpha value is -2.40. The molecule has 25 heavy (non-hydrogen) atoms.